The van der Waals surface area contributed by atoms with Crippen LogP contribution < -0.4 is 0 Å². The number of rotatable bonds is 6. The molecule has 0 unspecified atom stereocenters. The Morgan fingerprint density at radius 2 is 1.75 bits per heavy atom. The largest absolute Gasteiger partial charge is 0.381 e. The Labute approximate surface area is 237 Å². The zero-order valence-electron chi connectivity index (χ0n) is 24.0. The summed E-state index contributed by atoms with van der Waals surface area (Å²) in [5.74, 6) is 0.427. The molecule has 6 nitrogen and oxygen atoms in total. The van der Waals surface area contributed by atoms with Crippen molar-refractivity contribution in [3.05, 3.63) is 83.7 Å². The Morgan fingerprint density at radius 1 is 0.950 bits per heavy atom. The predicted molar refractivity (Wildman–Crippen MR) is 160 cm³/mol. The first-order valence-corrected chi connectivity index (χ1v) is 14.7. The van der Waals surface area contributed by atoms with Crippen LogP contribution in [0.25, 0.3) is 28.0 Å². The van der Waals surface area contributed by atoms with Gasteiger partial charge in [0.25, 0.3) is 0 Å². The standard InChI is InChI=1S/C34H40N4O2/c1-24-12-13-25(2)30(20-24)28-14-15-32-35-33(26-8-5-4-6-9-26)31(38(32)22-28)23-36-16-18-37(19-17-36)34(39)27-10-7-11-29(21-27)40-3/h4-6,8-9,12-15,20,22,27,29H,7,10-11,16-19,21,23H2,1-3H3/t27-,29+/m1/s1. The van der Waals surface area contributed by atoms with Gasteiger partial charge in [0.15, 0.2) is 0 Å². The highest BCUT2D eigenvalue weighted by Gasteiger charge is 2.32. The Kier molecular flexibility index (Phi) is 7.72. The summed E-state index contributed by atoms with van der Waals surface area (Å²) in [4.78, 5) is 23.0. The van der Waals surface area contributed by atoms with Crippen molar-refractivity contribution in [3.63, 3.8) is 0 Å². The number of ether oxygens (including phenoxy) is 1. The van der Waals surface area contributed by atoms with E-state index in [-0.39, 0.29) is 12.0 Å². The van der Waals surface area contributed by atoms with Crippen molar-refractivity contribution in [1.82, 2.24) is 19.2 Å². The predicted octanol–water partition coefficient (Wildman–Crippen LogP) is 6.13. The minimum atomic E-state index is 0.109. The molecule has 2 aromatic carbocycles. The van der Waals surface area contributed by atoms with Crippen molar-refractivity contribution >= 4 is 11.6 Å². The number of carbonyl (C=O) groups excluding carboxylic acids is 1. The summed E-state index contributed by atoms with van der Waals surface area (Å²) in [6.07, 6.45) is 6.48. The molecule has 2 aromatic heterocycles. The number of hydrogen-bond acceptors (Lipinski definition) is 4. The van der Waals surface area contributed by atoms with Crippen molar-refractivity contribution in [1.29, 1.82) is 0 Å². The van der Waals surface area contributed by atoms with Gasteiger partial charge in [-0.15, -0.1) is 0 Å². The van der Waals surface area contributed by atoms with Gasteiger partial charge in [0.1, 0.15) is 5.65 Å². The van der Waals surface area contributed by atoms with Crippen LogP contribution in [0.3, 0.4) is 0 Å². The van der Waals surface area contributed by atoms with Gasteiger partial charge < -0.3 is 14.0 Å². The molecule has 3 heterocycles. The number of piperazine rings is 1. The summed E-state index contributed by atoms with van der Waals surface area (Å²) in [5.41, 5.74) is 9.31. The van der Waals surface area contributed by atoms with Crippen molar-refractivity contribution in [2.45, 2.75) is 52.2 Å². The van der Waals surface area contributed by atoms with Crippen molar-refractivity contribution in [2.75, 3.05) is 33.3 Å². The molecule has 208 valence electrons. The average molecular weight is 537 g/mol. The number of nitrogens with zero attached hydrogens (tertiary/aromatic N) is 4. The van der Waals surface area contributed by atoms with Gasteiger partial charge in [0.2, 0.25) is 5.91 Å². The van der Waals surface area contributed by atoms with Crippen molar-refractivity contribution in [3.8, 4) is 22.4 Å². The summed E-state index contributed by atoms with van der Waals surface area (Å²) in [5, 5.41) is 0. The van der Waals surface area contributed by atoms with Crippen LogP contribution >= 0.6 is 0 Å². The van der Waals surface area contributed by atoms with E-state index >= 15 is 0 Å². The minimum absolute atomic E-state index is 0.109. The molecule has 0 bridgehead atoms. The lowest BCUT2D eigenvalue weighted by molar-refractivity contribution is -0.140. The van der Waals surface area contributed by atoms with E-state index in [1.165, 1.54) is 27.9 Å². The second-order valence-corrected chi connectivity index (χ2v) is 11.6. The lowest BCUT2D eigenvalue weighted by Gasteiger charge is -2.38. The molecule has 1 saturated heterocycles. The zero-order chi connectivity index (χ0) is 27.6. The van der Waals surface area contributed by atoms with Crippen LogP contribution in [0.5, 0.6) is 0 Å². The fraction of sp³-hybridized carbons (Fsp3) is 0.412. The number of imidazole rings is 1. The van der Waals surface area contributed by atoms with Gasteiger partial charge in [0, 0.05) is 57.5 Å². The van der Waals surface area contributed by atoms with Gasteiger partial charge in [-0.05, 0) is 61.9 Å². The van der Waals surface area contributed by atoms with Crippen LogP contribution in [-0.2, 0) is 16.1 Å². The van der Waals surface area contributed by atoms with E-state index in [1.807, 2.05) is 0 Å². The van der Waals surface area contributed by atoms with Crippen molar-refractivity contribution in [2.24, 2.45) is 5.92 Å². The first kappa shape index (κ1) is 26.7. The lowest BCUT2D eigenvalue weighted by atomic mass is 9.86. The molecule has 6 rings (SSSR count). The first-order valence-electron chi connectivity index (χ1n) is 14.7. The number of hydrogen-bond donors (Lipinski definition) is 0. The van der Waals surface area contributed by atoms with Gasteiger partial charge >= 0.3 is 0 Å². The summed E-state index contributed by atoms with van der Waals surface area (Å²) in [6.45, 7) is 8.39. The van der Waals surface area contributed by atoms with E-state index in [1.54, 1.807) is 7.11 Å². The molecule has 1 aliphatic carbocycles. The summed E-state index contributed by atoms with van der Waals surface area (Å²) in [6, 6.07) is 21.5. The molecule has 6 heteroatoms. The van der Waals surface area contributed by atoms with Gasteiger partial charge in [-0.2, -0.15) is 0 Å². The van der Waals surface area contributed by atoms with Gasteiger partial charge in [-0.3, -0.25) is 9.69 Å². The maximum absolute atomic E-state index is 13.3. The highest BCUT2D eigenvalue weighted by molar-refractivity contribution is 5.79. The Hall–Kier alpha value is -3.48. The van der Waals surface area contributed by atoms with E-state index in [2.05, 4.69) is 94.9 Å². The molecule has 2 aliphatic rings. The van der Waals surface area contributed by atoms with Crippen LogP contribution in [0.15, 0.2) is 66.9 Å². The number of pyridine rings is 1. The third-order valence-electron chi connectivity index (χ3n) is 8.83. The van der Waals surface area contributed by atoms with Gasteiger partial charge in [-0.25, -0.2) is 4.98 Å². The minimum Gasteiger partial charge on any atom is -0.381 e. The fourth-order valence-electron chi connectivity index (χ4n) is 6.46. The molecule has 1 aliphatic heterocycles. The number of aryl methyl sites for hydroxylation is 2. The number of fused-ring (bicyclic) bond motifs is 1. The molecule has 2 fully saturated rings. The molecule has 1 amide bonds. The molecule has 0 spiro atoms. The molecular weight excluding hydrogens is 496 g/mol. The zero-order valence-corrected chi connectivity index (χ0v) is 24.0. The second kappa shape index (κ2) is 11.6. The van der Waals surface area contributed by atoms with Crippen LogP contribution in [0, 0.1) is 19.8 Å². The molecule has 0 N–H and O–H groups in total. The Morgan fingerprint density at radius 3 is 2.52 bits per heavy atom. The highest BCUT2D eigenvalue weighted by Crippen LogP contribution is 2.31. The smallest absolute Gasteiger partial charge is 0.225 e. The van der Waals surface area contributed by atoms with E-state index in [4.69, 9.17) is 9.72 Å². The molecule has 1 saturated carbocycles. The number of aromatic nitrogens is 2. The van der Waals surface area contributed by atoms with Crippen LogP contribution in [-0.4, -0.2) is 64.5 Å². The Balaban J connectivity index is 1.26. The monoisotopic (exact) mass is 536 g/mol. The molecule has 0 radical (unpaired) electrons. The average Bonchev–Trinajstić information content (AvgIpc) is 3.36. The second-order valence-electron chi connectivity index (χ2n) is 11.6. The molecule has 2 atom stereocenters. The summed E-state index contributed by atoms with van der Waals surface area (Å²) >= 11 is 0. The normalized spacial score (nSPS) is 20.2. The highest BCUT2D eigenvalue weighted by atomic mass is 16.5. The van der Waals surface area contributed by atoms with Gasteiger partial charge in [0.05, 0.1) is 17.5 Å². The van der Waals surface area contributed by atoms with Crippen LogP contribution in [0.2, 0.25) is 0 Å². The van der Waals surface area contributed by atoms with Gasteiger partial charge in [-0.1, -0.05) is 60.5 Å². The van der Waals surface area contributed by atoms with Crippen LogP contribution in [0.1, 0.15) is 42.5 Å². The fourth-order valence-corrected chi connectivity index (χ4v) is 6.46. The maximum Gasteiger partial charge on any atom is 0.225 e. The first-order chi connectivity index (χ1) is 19.5. The summed E-state index contributed by atoms with van der Waals surface area (Å²) in [7, 11) is 1.77. The number of methoxy groups -OCH3 is 1. The van der Waals surface area contributed by atoms with E-state index in [9.17, 15) is 4.79 Å². The summed E-state index contributed by atoms with van der Waals surface area (Å²) < 4.78 is 7.86. The molecule has 40 heavy (non-hydrogen) atoms. The third kappa shape index (κ3) is 5.43. The molecular formula is C34H40N4O2. The third-order valence-corrected chi connectivity index (χ3v) is 8.83. The van der Waals surface area contributed by atoms with Crippen molar-refractivity contribution < 1.29 is 9.53 Å². The number of amides is 1. The topological polar surface area (TPSA) is 50.1 Å². The SMILES string of the molecule is CO[C@H]1CCC[C@@H](C(=O)N2CCN(Cc3c(-c4ccccc4)nc4ccc(-c5cc(C)ccc5C)cn34)CC2)C1. The number of benzene rings is 2. The molecule has 4 aromatic rings. The van der Waals surface area contributed by atoms with E-state index in [0.29, 0.717) is 5.91 Å². The quantitative estimate of drug-likeness (QED) is 0.297. The maximum atomic E-state index is 13.3. The van der Waals surface area contributed by atoms with Crippen LogP contribution in [0.4, 0.5) is 0 Å². The van der Waals surface area contributed by atoms with E-state index < -0.39 is 0 Å². The van der Waals surface area contributed by atoms with E-state index in [0.717, 1.165) is 75.3 Å². The number of carbonyl (C=O) groups is 1. The Bertz CT molecular complexity index is 1490. The lowest BCUT2D eigenvalue weighted by Crippen LogP contribution is -2.50.